The van der Waals surface area contributed by atoms with Crippen molar-refractivity contribution in [3.05, 3.63) is 77.1 Å². The van der Waals surface area contributed by atoms with Gasteiger partial charge < -0.3 is 11.5 Å². The van der Waals surface area contributed by atoms with Crippen molar-refractivity contribution in [1.29, 1.82) is 0 Å². The van der Waals surface area contributed by atoms with E-state index in [1.165, 1.54) is 24.8 Å². The van der Waals surface area contributed by atoms with Gasteiger partial charge in [-0.3, -0.25) is 5.43 Å². The molecule has 1 aliphatic heterocycles. The van der Waals surface area contributed by atoms with Crippen LogP contribution in [0.1, 0.15) is 37.7 Å². The summed E-state index contributed by atoms with van der Waals surface area (Å²) in [5, 5.41) is 4.79. The molecule has 1 unspecified atom stereocenters. The Morgan fingerprint density at radius 3 is 2.54 bits per heavy atom. The number of hydrogen-bond acceptors (Lipinski definition) is 4. The summed E-state index contributed by atoms with van der Waals surface area (Å²) in [4.78, 5) is 0. The standard InChI is InChI=1S/C22H26N4/c23-17-11-7-15(8-12-17)21-19-5-3-1-2-4-6-20(19)22(26-25-21)16-9-13-18(24)14-10-16/h5,7-14,17,20,25H,1-4,6,23-24H2/b19-5+,21-15?. The van der Waals surface area contributed by atoms with Crippen molar-refractivity contribution in [1.82, 2.24) is 5.43 Å². The molecule has 4 nitrogen and oxygen atoms in total. The van der Waals surface area contributed by atoms with Crippen LogP contribution in [-0.2, 0) is 0 Å². The number of hydrogen-bond donors (Lipinski definition) is 3. The highest BCUT2D eigenvalue weighted by molar-refractivity contribution is 6.05. The Bertz CT molecular complexity index is 808. The van der Waals surface area contributed by atoms with Gasteiger partial charge in [0.25, 0.3) is 0 Å². The zero-order valence-electron chi connectivity index (χ0n) is 15.0. The highest BCUT2D eigenvalue weighted by atomic mass is 15.3. The second kappa shape index (κ2) is 7.34. The third kappa shape index (κ3) is 3.37. The molecule has 0 fully saturated rings. The molecule has 0 bridgehead atoms. The van der Waals surface area contributed by atoms with Gasteiger partial charge in [0.2, 0.25) is 0 Å². The maximum absolute atomic E-state index is 5.95. The molecule has 0 saturated heterocycles. The highest BCUT2D eigenvalue weighted by Crippen LogP contribution is 2.35. The fourth-order valence-corrected chi connectivity index (χ4v) is 3.91. The molecule has 1 aromatic rings. The van der Waals surface area contributed by atoms with Crippen molar-refractivity contribution in [2.75, 3.05) is 5.73 Å². The molecule has 0 amide bonds. The number of nitrogens with two attached hydrogens (primary N) is 2. The van der Waals surface area contributed by atoms with Crippen molar-refractivity contribution in [2.24, 2.45) is 16.8 Å². The molecular weight excluding hydrogens is 320 g/mol. The third-order valence-corrected chi connectivity index (χ3v) is 5.33. The number of rotatable bonds is 1. The molecular formula is C22H26N4. The highest BCUT2D eigenvalue weighted by Gasteiger charge is 2.30. The van der Waals surface area contributed by atoms with Gasteiger partial charge in [0.1, 0.15) is 0 Å². The molecule has 0 aromatic heterocycles. The molecule has 3 aliphatic rings. The van der Waals surface area contributed by atoms with E-state index in [-0.39, 0.29) is 6.04 Å². The maximum Gasteiger partial charge on any atom is 0.0754 e. The zero-order valence-corrected chi connectivity index (χ0v) is 15.0. The molecule has 1 heterocycles. The predicted octanol–water partition coefficient (Wildman–Crippen LogP) is 3.79. The second-order valence-corrected chi connectivity index (χ2v) is 7.21. The van der Waals surface area contributed by atoms with Crippen LogP contribution in [0.2, 0.25) is 0 Å². The first-order chi connectivity index (χ1) is 12.7. The van der Waals surface area contributed by atoms with E-state index in [9.17, 15) is 0 Å². The molecule has 26 heavy (non-hydrogen) atoms. The summed E-state index contributed by atoms with van der Waals surface area (Å²) >= 11 is 0. The van der Waals surface area contributed by atoms with Gasteiger partial charge in [-0.25, -0.2) is 0 Å². The first kappa shape index (κ1) is 16.9. The monoisotopic (exact) mass is 346 g/mol. The van der Waals surface area contributed by atoms with E-state index in [0.29, 0.717) is 5.92 Å². The van der Waals surface area contributed by atoms with Crippen LogP contribution in [-0.4, -0.2) is 11.8 Å². The van der Waals surface area contributed by atoms with Gasteiger partial charge in [-0.2, -0.15) is 5.10 Å². The number of hydrazone groups is 1. The Labute approximate surface area is 155 Å². The lowest BCUT2D eigenvalue weighted by atomic mass is 9.79. The van der Waals surface area contributed by atoms with Crippen molar-refractivity contribution >= 4 is 11.4 Å². The third-order valence-electron chi connectivity index (χ3n) is 5.33. The van der Waals surface area contributed by atoms with Gasteiger partial charge in [0.05, 0.1) is 11.4 Å². The molecule has 2 aliphatic carbocycles. The number of nitrogen functional groups attached to an aromatic ring is 1. The van der Waals surface area contributed by atoms with Crippen molar-refractivity contribution in [2.45, 2.75) is 38.1 Å². The second-order valence-electron chi connectivity index (χ2n) is 7.21. The first-order valence-corrected chi connectivity index (χ1v) is 9.48. The molecule has 1 atom stereocenters. The van der Waals surface area contributed by atoms with Crippen molar-refractivity contribution in [3.63, 3.8) is 0 Å². The van der Waals surface area contributed by atoms with Crippen molar-refractivity contribution < 1.29 is 0 Å². The van der Waals surface area contributed by atoms with Gasteiger partial charge in [-0.1, -0.05) is 55.4 Å². The van der Waals surface area contributed by atoms with E-state index >= 15 is 0 Å². The average molecular weight is 346 g/mol. The number of nitrogens with zero attached hydrogens (tertiary/aromatic N) is 1. The van der Waals surface area contributed by atoms with Crippen molar-refractivity contribution in [3.8, 4) is 0 Å². The van der Waals surface area contributed by atoms with E-state index < -0.39 is 0 Å². The van der Waals surface area contributed by atoms with Crippen LogP contribution >= 0.6 is 0 Å². The van der Waals surface area contributed by atoms with Gasteiger partial charge in [0, 0.05) is 17.6 Å². The summed E-state index contributed by atoms with van der Waals surface area (Å²) < 4.78 is 0. The Balaban J connectivity index is 1.78. The molecule has 134 valence electrons. The van der Waals surface area contributed by atoms with Crippen LogP contribution in [0, 0.1) is 5.92 Å². The predicted molar refractivity (Wildman–Crippen MR) is 108 cm³/mol. The quantitative estimate of drug-likeness (QED) is 0.677. The molecule has 1 aromatic carbocycles. The van der Waals surface area contributed by atoms with Gasteiger partial charge in [-0.05, 0) is 48.1 Å². The number of allylic oxidation sites excluding steroid dienone is 5. The number of fused-ring (bicyclic) bond motifs is 1. The number of nitrogens with one attached hydrogen (secondary N) is 1. The van der Waals surface area contributed by atoms with E-state index in [1.54, 1.807) is 0 Å². The molecule has 0 saturated carbocycles. The molecule has 0 spiro atoms. The minimum Gasteiger partial charge on any atom is -0.399 e. The summed E-state index contributed by atoms with van der Waals surface area (Å²) in [6.45, 7) is 0. The average Bonchev–Trinajstić information content (AvgIpc) is 2.63. The van der Waals surface area contributed by atoms with Gasteiger partial charge in [-0.15, -0.1) is 0 Å². The van der Waals surface area contributed by atoms with Crippen LogP contribution < -0.4 is 16.9 Å². The van der Waals surface area contributed by atoms with Gasteiger partial charge in [0.15, 0.2) is 0 Å². The summed E-state index contributed by atoms with van der Waals surface area (Å²) in [6, 6.07) is 8.05. The lowest BCUT2D eigenvalue weighted by Crippen LogP contribution is -2.31. The Hall–Kier alpha value is -2.59. The zero-order chi connectivity index (χ0) is 17.9. The Morgan fingerprint density at radius 2 is 1.77 bits per heavy atom. The fraction of sp³-hybridized carbons (Fsp3) is 0.318. The number of benzene rings is 1. The van der Waals surface area contributed by atoms with E-state index in [1.807, 2.05) is 24.3 Å². The van der Waals surface area contributed by atoms with E-state index in [2.05, 4.69) is 35.8 Å². The van der Waals surface area contributed by atoms with Crippen LogP contribution in [0.15, 0.2) is 76.6 Å². The Kier molecular flexibility index (Phi) is 4.76. The summed E-state index contributed by atoms with van der Waals surface area (Å²) in [5.41, 5.74) is 21.8. The minimum atomic E-state index is -0.00103. The first-order valence-electron chi connectivity index (χ1n) is 9.48. The smallest absolute Gasteiger partial charge is 0.0754 e. The van der Waals surface area contributed by atoms with Crippen LogP contribution in [0.3, 0.4) is 0 Å². The van der Waals surface area contributed by atoms with Crippen LogP contribution in [0.4, 0.5) is 5.69 Å². The maximum atomic E-state index is 5.95. The summed E-state index contributed by atoms with van der Waals surface area (Å²) in [6.07, 6.45) is 16.7. The van der Waals surface area contributed by atoms with Crippen LogP contribution in [0.25, 0.3) is 0 Å². The fourth-order valence-electron chi connectivity index (χ4n) is 3.91. The minimum absolute atomic E-state index is 0.00103. The van der Waals surface area contributed by atoms with E-state index in [0.717, 1.165) is 41.1 Å². The van der Waals surface area contributed by atoms with Gasteiger partial charge >= 0.3 is 0 Å². The lowest BCUT2D eigenvalue weighted by Gasteiger charge is -2.31. The molecule has 4 heteroatoms. The number of anilines is 1. The SMILES string of the molecule is Nc1ccc(C2=NNC(=C3C=CC(N)C=C3)/C3=C/CCCCCC23)cc1. The summed E-state index contributed by atoms with van der Waals surface area (Å²) in [7, 11) is 0. The van der Waals surface area contributed by atoms with Crippen LogP contribution in [0.5, 0.6) is 0 Å². The lowest BCUT2D eigenvalue weighted by molar-refractivity contribution is 0.564. The topological polar surface area (TPSA) is 76.4 Å². The largest absolute Gasteiger partial charge is 0.399 e. The summed E-state index contributed by atoms with van der Waals surface area (Å²) in [5.74, 6) is 0.320. The Morgan fingerprint density at radius 1 is 1.00 bits per heavy atom. The molecule has 0 radical (unpaired) electrons. The molecule has 4 rings (SSSR count). The van der Waals surface area contributed by atoms with E-state index in [4.69, 9.17) is 16.6 Å². The molecule has 5 N–H and O–H groups in total. The normalized spacial score (nSPS) is 27.6.